The fourth-order valence-electron chi connectivity index (χ4n) is 2.33. The summed E-state index contributed by atoms with van der Waals surface area (Å²) in [4.78, 5) is 34.9. The maximum Gasteiger partial charge on any atom is 0.354 e. The van der Waals surface area contributed by atoms with Crippen LogP contribution >= 0.6 is 0 Å². The van der Waals surface area contributed by atoms with E-state index in [0.29, 0.717) is 24.2 Å². The van der Waals surface area contributed by atoms with Crippen LogP contribution in [0.25, 0.3) is 0 Å². The monoisotopic (exact) mass is 318 g/mol. The zero-order valence-corrected chi connectivity index (χ0v) is 13.2. The summed E-state index contributed by atoms with van der Waals surface area (Å²) in [6.07, 6.45) is 2.04. The molecular formula is C16H18N2O5. The van der Waals surface area contributed by atoms with Crippen LogP contribution in [0.1, 0.15) is 17.5 Å². The van der Waals surface area contributed by atoms with E-state index in [-0.39, 0.29) is 11.6 Å². The molecule has 2 rings (SSSR count). The Morgan fingerprint density at radius 1 is 1.22 bits per heavy atom. The molecule has 0 unspecified atom stereocenters. The molecule has 1 aliphatic rings. The van der Waals surface area contributed by atoms with E-state index in [2.05, 4.69) is 20.1 Å². The van der Waals surface area contributed by atoms with Crippen LogP contribution in [0.15, 0.2) is 23.9 Å². The smallest absolute Gasteiger partial charge is 0.354 e. The van der Waals surface area contributed by atoms with Gasteiger partial charge in [-0.2, -0.15) is 0 Å². The number of aryl methyl sites for hydroxylation is 2. The van der Waals surface area contributed by atoms with Crippen LogP contribution in [0, 0.1) is 6.92 Å². The normalized spacial score (nSPS) is 13.7. The predicted octanol–water partition coefficient (Wildman–Crippen LogP) is 1.52. The molecule has 1 heterocycles. The Bertz CT molecular complexity index is 694. The second-order valence-corrected chi connectivity index (χ2v) is 5.09. The van der Waals surface area contributed by atoms with Crippen molar-refractivity contribution in [2.24, 2.45) is 0 Å². The van der Waals surface area contributed by atoms with Gasteiger partial charge in [-0.1, -0.05) is 6.07 Å². The molecule has 7 nitrogen and oxygen atoms in total. The Kier molecular flexibility index (Phi) is 5.00. The van der Waals surface area contributed by atoms with E-state index < -0.39 is 11.9 Å². The van der Waals surface area contributed by atoms with Crippen molar-refractivity contribution in [3.8, 4) is 0 Å². The Balaban J connectivity index is 2.42. The summed E-state index contributed by atoms with van der Waals surface area (Å²) >= 11 is 0. The number of hydrogen-bond donors (Lipinski definition) is 2. The summed E-state index contributed by atoms with van der Waals surface area (Å²) in [5.74, 6) is -1.50. The fraction of sp³-hybridized carbons (Fsp3) is 0.312. The molecule has 2 N–H and O–H groups in total. The number of nitrogens with one attached hydrogen (secondary N) is 2. The number of carbonyl (C=O) groups excluding carboxylic acids is 3. The van der Waals surface area contributed by atoms with E-state index in [1.54, 1.807) is 6.07 Å². The molecule has 0 atom stereocenters. The van der Waals surface area contributed by atoms with Gasteiger partial charge in [0, 0.05) is 6.42 Å². The number of esters is 2. The van der Waals surface area contributed by atoms with Gasteiger partial charge in [0.2, 0.25) is 5.91 Å². The molecule has 1 aromatic rings. The number of methoxy groups -OCH3 is 2. The van der Waals surface area contributed by atoms with E-state index in [1.165, 1.54) is 14.2 Å². The molecule has 0 fully saturated rings. The first-order valence-corrected chi connectivity index (χ1v) is 7.03. The minimum atomic E-state index is -0.715. The van der Waals surface area contributed by atoms with Gasteiger partial charge in [0.25, 0.3) is 0 Å². The summed E-state index contributed by atoms with van der Waals surface area (Å²) in [7, 11) is 2.42. The highest BCUT2D eigenvalue weighted by Crippen LogP contribution is 2.33. The summed E-state index contributed by atoms with van der Waals surface area (Å²) in [5.41, 5.74) is 2.98. The third-order valence-corrected chi connectivity index (χ3v) is 3.39. The highest BCUT2D eigenvalue weighted by atomic mass is 16.5. The molecule has 0 saturated carbocycles. The van der Waals surface area contributed by atoms with Crippen LogP contribution in [-0.4, -0.2) is 32.1 Å². The minimum Gasteiger partial charge on any atom is -0.466 e. The van der Waals surface area contributed by atoms with Crippen LogP contribution in [0.4, 0.5) is 11.4 Å². The molecule has 23 heavy (non-hydrogen) atoms. The van der Waals surface area contributed by atoms with E-state index in [9.17, 15) is 14.4 Å². The number of ether oxygens (including phenoxy) is 2. The summed E-state index contributed by atoms with van der Waals surface area (Å²) in [5, 5.41) is 5.64. The third kappa shape index (κ3) is 3.88. The second-order valence-electron chi connectivity index (χ2n) is 5.09. The largest absolute Gasteiger partial charge is 0.466 e. The van der Waals surface area contributed by atoms with E-state index >= 15 is 0 Å². The average molecular weight is 318 g/mol. The van der Waals surface area contributed by atoms with Gasteiger partial charge in [0.15, 0.2) is 0 Å². The van der Waals surface area contributed by atoms with Crippen LogP contribution < -0.4 is 10.6 Å². The maximum absolute atomic E-state index is 11.8. The number of rotatable bonds is 4. The molecule has 0 saturated heterocycles. The standard InChI is InChI=1S/C16H18N2O5/c1-9-6-10-4-5-13(19)18-15(10)11(7-9)17-12(16(21)23-3)8-14(20)22-2/h6-8,17H,4-5H2,1-3H3,(H,18,19)/b12-8+. The zero-order chi connectivity index (χ0) is 17.0. The number of hydrogen-bond acceptors (Lipinski definition) is 6. The first-order chi connectivity index (χ1) is 10.9. The van der Waals surface area contributed by atoms with Gasteiger partial charge in [-0.25, -0.2) is 9.59 Å². The van der Waals surface area contributed by atoms with Gasteiger partial charge in [0.05, 0.1) is 31.7 Å². The van der Waals surface area contributed by atoms with Gasteiger partial charge in [0.1, 0.15) is 5.70 Å². The van der Waals surface area contributed by atoms with Crippen LogP contribution in [0.5, 0.6) is 0 Å². The highest BCUT2D eigenvalue weighted by Gasteiger charge is 2.21. The Hall–Kier alpha value is -2.83. The quantitative estimate of drug-likeness (QED) is 0.646. The Labute approximate surface area is 133 Å². The summed E-state index contributed by atoms with van der Waals surface area (Å²) in [6, 6.07) is 3.75. The predicted molar refractivity (Wildman–Crippen MR) is 83.9 cm³/mol. The SMILES string of the molecule is COC(=O)/C=C(/Nc1cc(C)cc2c1NC(=O)CC2)C(=O)OC. The lowest BCUT2D eigenvalue weighted by atomic mass is 9.99. The number of fused-ring (bicyclic) bond motifs is 1. The van der Waals surface area contributed by atoms with Gasteiger partial charge in [-0.3, -0.25) is 4.79 Å². The van der Waals surface area contributed by atoms with E-state index in [4.69, 9.17) is 0 Å². The molecule has 7 heteroatoms. The van der Waals surface area contributed by atoms with Crippen molar-refractivity contribution in [2.75, 3.05) is 24.9 Å². The van der Waals surface area contributed by atoms with Crippen molar-refractivity contribution in [3.05, 3.63) is 35.0 Å². The van der Waals surface area contributed by atoms with Crippen LogP contribution in [-0.2, 0) is 30.3 Å². The topological polar surface area (TPSA) is 93.7 Å². The molecule has 0 radical (unpaired) electrons. The van der Waals surface area contributed by atoms with E-state index in [1.807, 2.05) is 13.0 Å². The molecule has 0 bridgehead atoms. The molecule has 1 aromatic carbocycles. The van der Waals surface area contributed by atoms with Crippen LogP contribution in [0.3, 0.4) is 0 Å². The van der Waals surface area contributed by atoms with Crippen molar-refractivity contribution in [1.29, 1.82) is 0 Å². The molecule has 0 aliphatic carbocycles. The van der Waals surface area contributed by atoms with Crippen molar-refractivity contribution < 1.29 is 23.9 Å². The lowest BCUT2D eigenvalue weighted by Crippen LogP contribution is -2.22. The first-order valence-electron chi connectivity index (χ1n) is 7.03. The fourth-order valence-corrected chi connectivity index (χ4v) is 2.33. The van der Waals surface area contributed by atoms with Crippen molar-refractivity contribution in [1.82, 2.24) is 0 Å². The number of benzene rings is 1. The molecular weight excluding hydrogens is 300 g/mol. The first kappa shape index (κ1) is 16.5. The average Bonchev–Trinajstić information content (AvgIpc) is 2.53. The maximum atomic E-state index is 11.8. The molecule has 0 aromatic heterocycles. The molecule has 122 valence electrons. The van der Waals surface area contributed by atoms with E-state index in [0.717, 1.165) is 17.2 Å². The molecule has 1 aliphatic heterocycles. The van der Waals surface area contributed by atoms with Crippen molar-refractivity contribution >= 4 is 29.2 Å². The Morgan fingerprint density at radius 3 is 2.61 bits per heavy atom. The van der Waals surface area contributed by atoms with Gasteiger partial charge < -0.3 is 20.1 Å². The van der Waals surface area contributed by atoms with Crippen LogP contribution in [0.2, 0.25) is 0 Å². The number of amides is 1. The van der Waals surface area contributed by atoms with Crippen molar-refractivity contribution in [3.63, 3.8) is 0 Å². The number of carbonyl (C=O) groups is 3. The minimum absolute atomic E-state index is 0.0769. The molecule has 0 spiro atoms. The second kappa shape index (κ2) is 6.95. The summed E-state index contributed by atoms with van der Waals surface area (Å²) in [6.45, 7) is 1.91. The molecule has 1 amide bonds. The highest BCUT2D eigenvalue weighted by molar-refractivity contribution is 6.02. The lowest BCUT2D eigenvalue weighted by Gasteiger charge is -2.22. The lowest BCUT2D eigenvalue weighted by molar-refractivity contribution is -0.138. The zero-order valence-electron chi connectivity index (χ0n) is 13.2. The Morgan fingerprint density at radius 2 is 1.96 bits per heavy atom. The van der Waals surface area contributed by atoms with Gasteiger partial charge in [-0.05, 0) is 30.5 Å². The third-order valence-electron chi connectivity index (χ3n) is 3.39. The summed E-state index contributed by atoms with van der Waals surface area (Å²) < 4.78 is 9.19. The van der Waals surface area contributed by atoms with Gasteiger partial charge >= 0.3 is 11.9 Å². The van der Waals surface area contributed by atoms with Crippen molar-refractivity contribution in [2.45, 2.75) is 19.8 Å². The van der Waals surface area contributed by atoms with Gasteiger partial charge in [-0.15, -0.1) is 0 Å². The number of anilines is 2.